The van der Waals surface area contributed by atoms with E-state index >= 15 is 0 Å². The lowest BCUT2D eigenvalue weighted by atomic mass is 10.1. The van der Waals surface area contributed by atoms with Crippen molar-refractivity contribution in [2.24, 2.45) is 0 Å². The molecule has 0 aliphatic heterocycles. The van der Waals surface area contributed by atoms with Crippen LogP contribution in [-0.2, 0) is 4.79 Å². The van der Waals surface area contributed by atoms with E-state index in [0.29, 0.717) is 23.3 Å². The summed E-state index contributed by atoms with van der Waals surface area (Å²) < 4.78 is 6.45. The maximum Gasteiger partial charge on any atom is 0.251 e. The third-order valence-electron chi connectivity index (χ3n) is 4.41. The second kappa shape index (κ2) is 8.45. The van der Waals surface area contributed by atoms with Gasteiger partial charge in [-0.05, 0) is 61.7 Å². The highest BCUT2D eigenvalue weighted by Gasteiger charge is 2.23. The number of nitrogens with one attached hydrogen (secondary N) is 2. The van der Waals surface area contributed by atoms with Gasteiger partial charge < -0.3 is 10.1 Å². The molecular weight excluding hydrogens is 386 g/mol. The number of fused-ring (bicyclic) bond motifs is 1. The molecule has 1 aliphatic rings. The summed E-state index contributed by atoms with van der Waals surface area (Å²) in [5, 5.41) is 6.28. The summed E-state index contributed by atoms with van der Waals surface area (Å²) in [7, 11) is 0. The van der Waals surface area contributed by atoms with E-state index in [4.69, 9.17) is 4.74 Å². The first kappa shape index (κ1) is 19.1. The molecule has 0 radical (unpaired) electrons. The van der Waals surface area contributed by atoms with Crippen LogP contribution in [0.2, 0.25) is 0 Å². The summed E-state index contributed by atoms with van der Waals surface area (Å²) in [6.07, 6.45) is 5.28. The van der Waals surface area contributed by atoms with E-state index in [1.807, 2.05) is 37.3 Å². The van der Waals surface area contributed by atoms with Gasteiger partial charge in [-0.25, -0.2) is 4.98 Å². The fourth-order valence-electron chi connectivity index (χ4n) is 2.78. The molecule has 1 aliphatic carbocycles. The highest BCUT2D eigenvalue weighted by atomic mass is 32.1. The number of benzene rings is 2. The lowest BCUT2D eigenvalue weighted by Gasteiger charge is -2.03. The van der Waals surface area contributed by atoms with Gasteiger partial charge >= 0.3 is 0 Å². The summed E-state index contributed by atoms with van der Waals surface area (Å²) in [5.74, 6) is 0.476. The summed E-state index contributed by atoms with van der Waals surface area (Å²) in [6.45, 7) is 2.54. The fraction of sp³-hybridized carbons (Fsp3) is 0.227. The molecule has 0 saturated heterocycles. The molecule has 1 heterocycles. The molecule has 29 heavy (non-hydrogen) atoms. The van der Waals surface area contributed by atoms with Gasteiger partial charge in [-0.2, -0.15) is 0 Å². The highest BCUT2D eigenvalue weighted by Crippen LogP contribution is 2.29. The molecule has 1 aromatic heterocycles. The molecule has 1 fully saturated rings. The minimum Gasteiger partial charge on any atom is -0.494 e. The minimum atomic E-state index is -0.260. The number of nitrogens with zero attached hydrogens (tertiary/aromatic N) is 1. The number of anilines is 1. The normalized spacial score (nSPS) is 13.6. The van der Waals surface area contributed by atoms with E-state index in [-0.39, 0.29) is 11.8 Å². The zero-order valence-corrected chi connectivity index (χ0v) is 16.8. The van der Waals surface area contributed by atoms with Gasteiger partial charge in [-0.15, -0.1) is 0 Å². The molecule has 2 amide bonds. The molecule has 0 atom stereocenters. The quantitative estimate of drug-likeness (QED) is 0.574. The van der Waals surface area contributed by atoms with Crippen molar-refractivity contribution < 1.29 is 14.3 Å². The Kier molecular flexibility index (Phi) is 5.57. The van der Waals surface area contributed by atoms with E-state index in [1.54, 1.807) is 18.2 Å². The number of aromatic nitrogens is 1. The van der Waals surface area contributed by atoms with Gasteiger partial charge in [0.1, 0.15) is 5.75 Å². The molecule has 148 valence electrons. The third-order valence-corrected chi connectivity index (χ3v) is 5.35. The highest BCUT2D eigenvalue weighted by molar-refractivity contribution is 7.22. The zero-order chi connectivity index (χ0) is 20.2. The Hall–Kier alpha value is -3.19. The van der Waals surface area contributed by atoms with E-state index in [9.17, 15) is 9.59 Å². The average molecular weight is 407 g/mol. The van der Waals surface area contributed by atoms with Crippen molar-refractivity contribution in [1.82, 2.24) is 10.3 Å². The summed E-state index contributed by atoms with van der Waals surface area (Å²) in [6, 6.07) is 13.2. The maximum absolute atomic E-state index is 12.2. The first-order chi connectivity index (χ1) is 14.1. The molecule has 2 N–H and O–H groups in total. The third kappa shape index (κ3) is 5.00. The standard InChI is InChI=1S/C22H21N3O3S/c1-2-28-17-10-11-18-19(13-17)29-22(24-18)25-20(26)12-5-14-3-6-15(7-4-14)21(27)23-16-8-9-16/h3-7,10-13,16H,2,8-9H2,1H3,(H,23,27)(H,24,25,26)/b12-5+. The second-order valence-corrected chi connectivity index (χ2v) is 7.80. The number of carbonyl (C=O) groups excluding carboxylic acids is 2. The van der Waals surface area contributed by atoms with Crippen LogP contribution in [0.15, 0.2) is 48.5 Å². The summed E-state index contributed by atoms with van der Waals surface area (Å²) >= 11 is 1.40. The molecule has 7 heteroatoms. The van der Waals surface area contributed by atoms with Gasteiger partial charge in [0.25, 0.3) is 5.91 Å². The predicted octanol–water partition coefficient (Wildman–Crippen LogP) is 4.24. The van der Waals surface area contributed by atoms with Crippen molar-refractivity contribution >= 4 is 44.6 Å². The lowest BCUT2D eigenvalue weighted by Crippen LogP contribution is -2.25. The van der Waals surface area contributed by atoms with Crippen LogP contribution in [-0.4, -0.2) is 29.4 Å². The fourth-order valence-corrected chi connectivity index (χ4v) is 3.67. The van der Waals surface area contributed by atoms with E-state index in [1.165, 1.54) is 17.4 Å². The Balaban J connectivity index is 1.36. The number of hydrogen-bond acceptors (Lipinski definition) is 5. The Bertz CT molecular complexity index is 1070. The van der Waals surface area contributed by atoms with Crippen molar-refractivity contribution in [2.45, 2.75) is 25.8 Å². The molecule has 0 unspecified atom stereocenters. The van der Waals surface area contributed by atoms with Crippen molar-refractivity contribution in [1.29, 1.82) is 0 Å². The van der Waals surface area contributed by atoms with Crippen molar-refractivity contribution in [3.63, 3.8) is 0 Å². The average Bonchev–Trinajstić information content (AvgIpc) is 3.44. The van der Waals surface area contributed by atoms with Crippen LogP contribution in [0.25, 0.3) is 16.3 Å². The topological polar surface area (TPSA) is 80.3 Å². The number of rotatable bonds is 7. The first-order valence-electron chi connectivity index (χ1n) is 9.54. The van der Waals surface area contributed by atoms with Crippen LogP contribution in [0.1, 0.15) is 35.7 Å². The van der Waals surface area contributed by atoms with Crippen molar-refractivity contribution in [3.8, 4) is 5.75 Å². The van der Waals surface area contributed by atoms with Crippen LogP contribution < -0.4 is 15.4 Å². The van der Waals surface area contributed by atoms with Gasteiger partial charge in [-0.3, -0.25) is 14.9 Å². The maximum atomic E-state index is 12.2. The van der Waals surface area contributed by atoms with Crippen molar-refractivity contribution in [2.75, 3.05) is 11.9 Å². The lowest BCUT2D eigenvalue weighted by molar-refractivity contribution is -0.111. The molecule has 0 bridgehead atoms. The number of hydrogen-bond donors (Lipinski definition) is 2. The van der Waals surface area contributed by atoms with Crippen LogP contribution in [0.5, 0.6) is 5.75 Å². The van der Waals surface area contributed by atoms with Crippen LogP contribution in [0.3, 0.4) is 0 Å². The Morgan fingerprint density at radius 2 is 2.00 bits per heavy atom. The molecule has 0 spiro atoms. The molecule has 2 aromatic carbocycles. The Morgan fingerprint density at radius 1 is 1.21 bits per heavy atom. The minimum absolute atomic E-state index is 0.0518. The largest absolute Gasteiger partial charge is 0.494 e. The van der Waals surface area contributed by atoms with Gasteiger partial charge in [0.15, 0.2) is 5.13 Å². The van der Waals surface area contributed by atoms with E-state index in [0.717, 1.165) is 34.4 Å². The van der Waals surface area contributed by atoms with Crippen LogP contribution in [0, 0.1) is 0 Å². The number of ether oxygens (including phenoxy) is 1. The summed E-state index contributed by atoms with van der Waals surface area (Å²) in [5.41, 5.74) is 2.28. The monoisotopic (exact) mass is 407 g/mol. The number of thiazole rings is 1. The zero-order valence-electron chi connectivity index (χ0n) is 16.0. The van der Waals surface area contributed by atoms with Gasteiger partial charge in [0.05, 0.1) is 16.8 Å². The van der Waals surface area contributed by atoms with E-state index < -0.39 is 0 Å². The molecular formula is C22H21N3O3S. The SMILES string of the molecule is CCOc1ccc2nc(NC(=O)/C=C/c3ccc(C(=O)NC4CC4)cc3)sc2c1. The molecule has 6 nitrogen and oxygen atoms in total. The van der Waals surface area contributed by atoms with E-state index in [2.05, 4.69) is 15.6 Å². The number of amides is 2. The van der Waals surface area contributed by atoms with Gasteiger partial charge in [0, 0.05) is 17.7 Å². The van der Waals surface area contributed by atoms with Gasteiger partial charge in [0.2, 0.25) is 5.91 Å². The van der Waals surface area contributed by atoms with Crippen LogP contribution >= 0.6 is 11.3 Å². The Labute approximate surface area is 172 Å². The molecule has 4 rings (SSSR count). The Morgan fingerprint density at radius 3 is 2.72 bits per heavy atom. The number of carbonyl (C=O) groups is 2. The predicted molar refractivity (Wildman–Crippen MR) is 115 cm³/mol. The van der Waals surface area contributed by atoms with Crippen molar-refractivity contribution in [3.05, 3.63) is 59.7 Å². The molecule has 3 aromatic rings. The molecule has 1 saturated carbocycles. The first-order valence-corrected chi connectivity index (χ1v) is 10.4. The van der Waals surface area contributed by atoms with Crippen LogP contribution in [0.4, 0.5) is 5.13 Å². The summed E-state index contributed by atoms with van der Waals surface area (Å²) in [4.78, 5) is 28.6. The van der Waals surface area contributed by atoms with Gasteiger partial charge in [-0.1, -0.05) is 23.5 Å². The smallest absolute Gasteiger partial charge is 0.251 e. The second-order valence-electron chi connectivity index (χ2n) is 6.77.